The van der Waals surface area contributed by atoms with Gasteiger partial charge in [0.25, 0.3) is 0 Å². The van der Waals surface area contributed by atoms with Crippen molar-refractivity contribution in [1.29, 1.82) is 0 Å². The summed E-state index contributed by atoms with van der Waals surface area (Å²) in [5.74, 6) is 0.346. The van der Waals surface area contributed by atoms with Crippen molar-refractivity contribution in [3.63, 3.8) is 0 Å². The van der Waals surface area contributed by atoms with Gasteiger partial charge in [-0.15, -0.1) is 0 Å². The molecule has 0 bridgehead atoms. The van der Waals surface area contributed by atoms with Crippen molar-refractivity contribution < 1.29 is 9.50 Å². The zero-order valence-corrected chi connectivity index (χ0v) is 8.31. The van der Waals surface area contributed by atoms with E-state index in [2.05, 4.69) is 4.98 Å². The number of hydrogen-bond acceptors (Lipinski definition) is 2. The molecule has 0 atom stereocenters. The Morgan fingerprint density at radius 1 is 1.40 bits per heavy atom. The van der Waals surface area contributed by atoms with Crippen LogP contribution in [-0.4, -0.2) is 14.7 Å². The summed E-state index contributed by atoms with van der Waals surface area (Å²) in [5.41, 5.74) is 0.710. The van der Waals surface area contributed by atoms with Crippen LogP contribution in [0, 0.1) is 5.82 Å². The fourth-order valence-corrected chi connectivity index (χ4v) is 1.48. The lowest BCUT2D eigenvalue weighted by Gasteiger charge is -2.03. The summed E-state index contributed by atoms with van der Waals surface area (Å²) < 4.78 is 14.8. The molecular weight excluding hydrogens is 195 g/mol. The Balaban J connectivity index is 2.28. The zero-order chi connectivity index (χ0) is 10.8. The summed E-state index contributed by atoms with van der Waals surface area (Å²) in [6.45, 7) is 0. The standard InChI is InChI=1S/C11H11FN2O/c1-14-3-2-13-11(14)6-8-4-9(12)7-10(15)5-8/h2-5,7,15H,6H2,1H3. The lowest BCUT2D eigenvalue weighted by molar-refractivity contribution is 0.468. The van der Waals surface area contributed by atoms with E-state index in [1.54, 1.807) is 6.20 Å². The highest BCUT2D eigenvalue weighted by Gasteiger charge is 2.04. The molecule has 0 radical (unpaired) electrons. The van der Waals surface area contributed by atoms with Gasteiger partial charge in [-0.25, -0.2) is 9.37 Å². The number of imidazole rings is 1. The molecule has 4 heteroatoms. The van der Waals surface area contributed by atoms with E-state index in [1.807, 2.05) is 17.8 Å². The molecule has 0 saturated carbocycles. The second-order valence-electron chi connectivity index (χ2n) is 3.45. The van der Waals surface area contributed by atoms with E-state index in [4.69, 9.17) is 0 Å². The molecule has 0 aliphatic rings. The third kappa shape index (κ3) is 2.15. The minimum atomic E-state index is -0.431. The first-order chi connectivity index (χ1) is 7.15. The summed E-state index contributed by atoms with van der Waals surface area (Å²) in [5, 5.41) is 9.22. The molecule has 0 aliphatic carbocycles. The van der Waals surface area contributed by atoms with Gasteiger partial charge >= 0.3 is 0 Å². The number of nitrogens with zero attached hydrogens (tertiary/aromatic N) is 2. The van der Waals surface area contributed by atoms with Gasteiger partial charge in [0.15, 0.2) is 0 Å². The molecule has 0 unspecified atom stereocenters. The first-order valence-electron chi connectivity index (χ1n) is 4.60. The van der Waals surface area contributed by atoms with Crippen LogP contribution in [0.3, 0.4) is 0 Å². The van der Waals surface area contributed by atoms with E-state index in [1.165, 1.54) is 12.1 Å². The van der Waals surface area contributed by atoms with E-state index < -0.39 is 5.82 Å². The first kappa shape index (κ1) is 9.71. The summed E-state index contributed by atoms with van der Waals surface area (Å²) >= 11 is 0. The van der Waals surface area contributed by atoms with Gasteiger partial charge in [0, 0.05) is 31.9 Å². The Morgan fingerprint density at radius 3 is 2.80 bits per heavy atom. The van der Waals surface area contributed by atoms with E-state index in [0.717, 1.165) is 11.9 Å². The quantitative estimate of drug-likeness (QED) is 0.814. The van der Waals surface area contributed by atoms with Crippen LogP contribution in [-0.2, 0) is 13.5 Å². The molecule has 2 rings (SSSR count). The second-order valence-corrected chi connectivity index (χ2v) is 3.45. The SMILES string of the molecule is Cn1ccnc1Cc1cc(O)cc(F)c1. The number of benzene rings is 1. The molecular formula is C11H11FN2O. The Labute approximate surface area is 86.8 Å². The number of halogens is 1. The Bertz CT molecular complexity index is 459. The van der Waals surface area contributed by atoms with E-state index in [0.29, 0.717) is 12.0 Å². The molecule has 78 valence electrons. The minimum absolute atomic E-state index is 0.0563. The highest BCUT2D eigenvalue weighted by atomic mass is 19.1. The number of rotatable bonds is 2. The van der Waals surface area contributed by atoms with Crippen molar-refractivity contribution in [2.45, 2.75) is 6.42 Å². The average molecular weight is 206 g/mol. The molecule has 1 aromatic carbocycles. The smallest absolute Gasteiger partial charge is 0.127 e. The summed E-state index contributed by atoms with van der Waals surface area (Å²) in [7, 11) is 1.88. The predicted octanol–water partition coefficient (Wildman–Crippen LogP) is 1.86. The van der Waals surface area contributed by atoms with Gasteiger partial charge in [-0.05, 0) is 17.7 Å². The molecule has 3 nitrogen and oxygen atoms in total. The number of phenols is 1. The molecule has 0 fully saturated rings. The molecule has 2 aromatic rings. The van der Waals surface area contributed by atoms with Crippen LogP contribution in [0.2, 0.25) is 0 Å². The van der Waals surface area contributed by atoms with Crippen LogP contribution >= 0.6 is 0 Å². The van der Waals surface area contributed by atoms with Crippen molar-refractivity contribution in [3.8, 4) is 5.75 Å². The van der Waals surface area contributed by atoms with E-state index in [-0.39, 0.29) is 5.75 Å². The Morgan fingerprint density at radius 2 is 2.20 bits per heavy atom. The van der Waals surface area contributed by atoms with Crippen LogP contribution in [0.15, 0.2) is 30.6 Å². The number of hydrogen-bond donors (Lipinski definition) is 1. The molecule has 0 saturated heterocycles. The topological polar surface area (TPSA) is 38.0 Å². The third-order valence-corrected chi connectivity index (χ3v) is 2.23. The van der Waals surface area contributed by atoms with Gasteiger partial charge in [-0.3, -0.25) is 0 Å². The highest BCUT2D eigenvalue weighted by molar-refractivity contribution is 5.30. The number of phenolic OH excluding ortho intramolecular Hbond substituents is 1. The average Bonchev–Trinajstić information content (AvgIpc) is 2.50. The van der Waals surface area contributed by atoms with Crippen molar-refractivity contribution in [2.75, 3.05) is 0 Å². The second kappa shape index (κ2) is 3.73. The number of aromatic nitrogens is 2. The number of aryl methyl sites for hydroxylation is 1. The maximum Gasteiger partial charge on any atom is 0.127 e. The van der Waals surface area contributed by atoms with Crippen LogP contribution in [0.4, 0.5) is 4.39 Å². The molecule has 0 amide bonds. The van der Waals surface area contributed by atoms with Crippen molar-refractivity contribution in [3.05, 3.63) is 47.8 Å². The highest BCUT2D eigenvalue weighted by Crippen LogP contribution is 2.16. The van der Waals surface area contributed by atoms with Gasteiger partial charge in [-0.1, -0.05) is 0 Å². The molecule has 1 N–H and O–H groups in total. The van der Waals surface area contributed by atoms with Gasteiger partial charge in [0.1, 0.15) is 17.4 Å². The van der Waals surface area contributed by atoms with Gasteiger partial charge < -0.3 is 9.67 Å². The van der Waals surface area contributed by atoms with Crippen LogP contribution in [0.1, 0.15) is 11.4 Å². The summed E-state index contributed by atoms with van der Waals surface area (Å²) in [6.07, 6.45) is 4.03. The van der Waals surface area contributed by atoms with E-state index >= 15 is 0 Å². The van der Waals surface area contributed by atoms with Crippen LogP contribution in [0.25, 0.3) is 0 Å². The van der Waals surface area contributed by atoms with Crippen LogP contribution in [0.5, 0.6) is 5.75 Å². The maximum absolute atomic E-state index is 13.0. The Hall–Kier alpha value is -1.84. The van der Waals surface area contributed by atoms with Gasteiger partial charge in [-0.2, -0.15) is 0 Å². The van der Waals surface area contributed by atoms with Crippen molar-refractivity contribution >= 4 is 0 Å². The lowest BCUT2D eigenvalue weighted by atomic mass is 10.1. The van der Waals surface area contributed by atoms with Crippen LogP contribution < -0.4 is 0 Å². The predicted molar refractivity (Wildman–Crippen MR) is 54.1 cm³/mol. The van der Waals surface area contributed by atoms with E-state index in [9.17, 15) is 9.50 Å². The van der Waals surface area contributed by atoms with Crippen molar-refractivity contribution in [2.24, 2.45) is 7.05 Å². The van der Waals surface area contributed by atoms with Crippen molar-refractivity contribution in [1.82, 2.24) is 9.55 Å². The summed E-state index contributed by atoms with van der Waals surface area (Å²) in [4.78, 5) is 4.13. The largest absolute Gasteiger partial charge is 0.508 e. The Kier molecular flexibility index (Phi) is 2.41. The lowest BCUT2D eigenvalue weighted by Crippen LogP contribution is -1.98. The molecule has 1 heterocycles. The molecule has 1 aromatic heterocycles. The number of aromatic hydroxyl groups is 1. The normalized spacial score (nSPS) is 10.5. The zero-order valence-electron chi connectivity index (χ0n) is 8.31. The summed E-state index contributed by atoms with van der Waals surface area (Å²) in [6, 6.07) is 4.02. The third-order valence-electron chi connectivity index (χ3n) is 2.23. The monoisotopic (exact) mass is 206 g/mol. The minimum Gasteiger partial charge on any atom is -0.508 e. The molecule has 0 spiro atoms. The fraction of sp³-hybridized carbons (Fsp3) is 0.182. The first-order valence-corrected chi connectivity index (χ1v) is 4.60. The van der Waals surface area contributed by atoms with Gasteiger partial charge in [0.05, 0.1) is 0 Å². The van der Waals surface area contributed by atoms with Gasteiger partial charge in [0.2, 0.25) is 0 Å². The molecule has 15 heavy (non-hydrogen) atoms. The fourth-order valence-electron chi connectivity index (χ4n) is 1.48. The molecule has 0 aliphatic heterocycles. The maximum atomic E-state index is 13.0.